The Morgan fingerprint density at radius 3 is 2.74 bits per heavy atom. The van der Waals surface area contributed by atoms with E-state index in [-0.39, 0.29) is 17.2 Å². The number of amides is 1. The highest BCUT2D eigenvalue weighted by molar-refractivity contribution is 7.99. The number of nitrogens with one attached hydrogen (secondary N) is 3. The molecule has 2 heterocycles. The lowest BCUT2D eigenvalue weighted by atomic mass is 10.1. The number of aromatic amines is 2. The van der Waals surface area contributed by atoms with Gasteiger partial charge in [-0.15, -0.1) is 0 Å². The molecule has 0 bridgehead atoms. The summed E-state index contributed by atoms with van der Waals surface area (Å²) >= 11 is 1.22. The van der Waals surface area contributed by atoms with Gasteiger partial charge in [-0.05, 0) is 30.2 Å². The van der Waals surface area contributed by atoms with Crippen LogP contribution in [0.5, 0.6) is 0 Å². The van der Waals surface area contributed by atoms with Crippen molar-refractivity contribution in [3.63, 3.8) is 0 Å². The van der Waals surface area contributed by atoms with Crippen LogP contribution in [-0.4, -0.2) is 33.2 Å². The summed E-state index contributed by atoms with van der Waals surface area (Å²) in [5.74, 6) is 0.116. The zero-order chi connectivity index (χ0) is 18.6. The number of hydrogen-bond donors (Lipinski definition) is 3. The number of fused-ring (bicyclic) bond motifs is 2. The standard InChI is InChI=1S/C20H18N4O2S/c25-18(21-10-9-13-11-22-16-7-3-1-5-14(13)16)12-27-20-23-17-8-4-2-6-15(17)19(26)24-20/h1-8,11,22H,9-10,12H2,(H,21,25)(H,23,24,26). The third kappa shape index (κ3) is 3.88. The number of hydrogen-bond acceptors (Lipinski definition) is 4. The maximum absolute atomic E-state index is 12.1. The lowest BCUT2D eigenvalue weighted by Gasteiger charge is -2.05. The van der Waals surface area contributed by atoms with Crippen LogP contribution in [0.1, 0.15) is 5.56 Å². The Hall–Kier alpha value is -3.06. The molecule has 0 saturated carbocycles. The molecule has 7 heteroatoms. The van der Waals surface area contributed by atoms with Crippen molar-refractivity contribution in [2.24, 2.45) is 0 Å². The first kappa shape index (κ1) is 17.4. The van der Waals surface area contributed by atoms with E-state index >= 15 is 0 Å². The van der Waals surface area contributed by atoms with Crippen LogP contribution in [0.2, 0.25) is 0 Å². The van der Waals surface area contributed by atoms with Crippen molar-refractivity contribution in [1.82, 2.24) is 20.3 Å². The van der Waals surface area contributed by atoms with E-state index in [2.05, 4.69) is 26.3 Å². The quantitative estimate of drug-likeness (QED) is 0.355. The molecular formula is C20H18N4O2S. The summed E-state index contributed by atoms with van der Waals surface area (Å²) in [6, 6.07) is 15.3. The van der Waals surface area contributed by atoms with E-state index in [1.165, 1.54) is 22.7 Å². The Morgan fingerprint density at radius 1 is 1.07 bits per heavy atom. The molecule has 0 spiro atoms. The van der Waals surface area contributed by atoms with Crippen molar-refractivity contribution in [2.75, 3.05) is 12.3 Å². The second-order valence-electron chi connectivity index (χ2n) is 6.14. The second-order valence-corrected chi connectivity index (χ2v) is 7.10. The minimum atomic E-state index is -0.192. The van der Waals surface area contributed by atoms with Gasteiger partial charge >= 0.3 is 0 Å². The molecule has 2 aromatic carbocycles. The topological polar surface area (TPSA) is 90.6 Å². The van der Waals surface area contributed by atoms with Crippen LogP contribution in [0.15, 0.2) is 64.7 Å². The summed E-state index contributed by atoms with van der Waals surface area (Å²) in [5, 5.41) is 5.09. The molecule has 0 unspecified atom stereocenters. The Balaban J connectivity index is 1.32. The number of carbonyl (C=O) groups excluding carboxylic acids is 1. The maximum atomic E-state index is 12.1. The first-order chi connectivity index (χ1) is 13.2. The molecule has 27 heavy (non-hydrogen) atoms. The van der Waals surface area contributed by atoms with Gasteiger partial charge in [0.25, 0.3) is 5.56 Å². The molecule has 0 aliphatic rings. The van der Waals surface area contributed by atoms with Crippen LogP contribution in [0.4, 0.5) is 0 Å². The van der Waals surface area contributed by atoms with Crippen LogP contribution < -0.4 is 10.9 Å². The number of carbonyl (C=O) groups is 1. The predicted molar refractivity (Wildman–Crippen MR) is 108 cm³/mol. The van der Waals surface area contributed by atoms with E-state index in [0.29, 0.717) is 22.6 Å². The van der Waals surface area contributed by atoms with Gasteiger partial charge in [0, 0.05) is 23.6 Å². The Kier molecular flexibility index (Phi) is 4.93. The molecule has 2 aromatic heterocycles. The van der Waals surface area contributed by atoms with Gasteiger partial charge < -0.3 is 15.3 Å². The SMILES string of the molecule is O=C(CSc1nc2ccccc2c(=O)[nH]1)NCCc1c[nH]c2ccccc12. The number of thioether (sulfide) groups is 1. The maximum Gasteiger partial charge on any atom is 0.259 e. The molecule has 0 aliphatic heterocycles. The molecule has 6 nitrogen and oxygen atoms in total. The van der Waals surface area contributed by atoms with Gasteiger partial charge in [0.1, 0.15) is 0 Å². The average Bonchev–Trinajstić information content (AvgIpc) is 3.10. The smallest absolute Gasteiger partial charge is 0.259 e. The summed E-state index contributed by atoms with van der Waals surface area (Å²) in [7, 11) is 0. The fourth-order valence-electron chi connectivity index (χ4n) is 2.99. The molecule has 0 fully saturated rings. The van der Waals surface area contributed by atoms with Crippen molar-refractivity contribution in [3.05, 3.63) is 70.6 Å². The highest BCUT2D eigenvalue weighted by Crippen LogP contribution is 2.18. The molecule has 1 amide bonds. The van der Waals surface area contributed by atoms with Crippen molar-refractivity contribution in [1.29, 1.82) is 0 Å². The first-order valence-corrected chi connectivity index (χ1v) is 9.63. The molecule has 136 valence electrons. The molecular weight excluding hydrogens is 360 g/mol. The molecule has 0 atom stereocenters. The number of benzene rings is 2. The first-order valence-electron chi connectivity index (χ1n) is 8.64. The van der Waals surface area contributed by atoms with E-state index in [9.17, 15) is 9.59 Å². The van der Waals surface area contributed by atoms with E-state index in [1.807, 2.05) is 30.5 Å². The van der Waals surface area contributed by atoms with Gasteiger partial charge in [0.2, 0.25) is 5.91 Å². The van der Waals surface area contributed by atoms with Crippen LogP contribution in [-0.2, 0) is 11.2 Å². The lowest BCUT2D eigenvalue weighted by Crippen LogP contribution is -2.27. The number of para-hydroxylation sites is 2. The summed E-state index contributed by atoms with van der Waals surface area (Å²) in [4.78, 5) is 34.5. The number of aromatic nitrogens is 3. The number of nitrogens with zero attached hydrogens (tertiary/aromatic N) is 1. The zero-order valence-corrected chi connectivity index (χ0v) is 15.3. The molecule has 3 N–H and O–H groups in total. The van der Waals surface area contributed by atoms with Gasteiger partial charge in [-0.1, -0.05) is 42.1 Å². The van der Waals surface area contributed by atoms with Gasteiger partial charge in [-0.3, -0.25) is 9.59 Å². The van der Waals surface area contributed by atoms with E-state index < -0.39 is 0 Å². The van der Waals surface area contributed by atoms with E-state index in [0.717, 1.165) is 11.9 Å². The highest BCUT2D eigenvalue weighted by Gasteiger charge is 2.08. The fraction of sp³-hybridized carbons (Fsp3) is 0.150. The van der Waals surface area contributed by atoms with Gasteiger partial charge in [0.05, 0.1) is 16.7 Å². The summed E-state index contributed by atoms with van der Waals surface area (Å²) in [5.41, 5.74) is 2.71. The molecule has 4 rings (SSSR count). The van der Waals surface area contributed by atoms with Crippen LogP contribution in [0.3, 0.4) is 0 Å². The van der Waals surface area contributed by atoms with Gasteiger partial charge in [0.15, 0.2) is 5.16 Å². The van der Waals surface area contributed by atoms with Crippen LogP contribution in [0.25, 0.3) is 21.8 Å². The fourth-order valence-corrected chi connectivity index (χ4v) is 3.69. The van der Waals surface area contributed by atoms with Gasteiger partial charge in [-0.2, -0.15) is 0 Å². The van der Waals surface area contributed by atoms with E-state index in [1.54, 1.807) is 18.2 Å². The van der Waals surface area contributed by atoms with Crippen LogP contribution in [0, 0.1) is 0 Å². The third-order valence-corrected chi connectivity index (χ3v) is 5.20. The normalized spacial score (nSPS) is 11.1. The van der Waals surface area contributed by atoms with Crippen molar-refractivity contribution in [3.8, 4) is 0 Å². The summed E-state index contributed by atoms with van der Waals surface area (Å²) in [6.07, 6.45) is 2.74. The number of rotatable bonds is 6. The molecule has 4 aromatic rings. The third-order valence-electron chi connectivity index (χ3n) is 4.32. The predicted octanol–water partition coefficient (Wildman–Crippen LogP) is 2.86. The summed E-state index contributed by atoms with van der Waals surface area (Å²) in [6.45, 7) is 0.558. The molecule has 0 aliphatic carbocycles. The second kappa shape index (κ2) is 7.67. The average molecular weight is 378 g/mol. The minimum Gasteiger partial charge on any atom is -0.361 e. The van der Waals surface area contributed by atoms with Crippen molar-refractivity contribution in [2.45, 2.75) is 11.6 Å². The Morgan fingerprint density at radius 2 is 1.85 bits per heavy atom. The summed E-state index contributed by atoms with van der Waals surface area (Å²) < 4.78 is 0. The zero-order valence-electron chi connectivity index (χ0n) is 14.5. The van der Waals surface area contributed by atoms with Crippen molar-refractivity contribution < 1.29 is 4.79 Å². The Labute approximate surface area is 159 Å². The molecule has 0 saturated heterocycles. The van der Waals surface area contributed by atoms with Crippen molar-refractivity contribution >= 4 is 39.5 Å². The lowest BCUT2D eigenvalue weighted by molar-refractivity contribution is -0.118. The monoisotopic (exact) mass is 378 g/mol. The number of H-pyrrole nitrogens is 2. The minimum absolute atomic E-state index is 0.0874. The highest BCUT2D eigenvalue weighted by atomic mass is 32.2. The Bertz CT molecular complexity index is 1170. The van der Waals surface area contributed by atoms with E-state index in [4.69, 9.17) is 0 Å². The molecule has 0 radical (unpaired) electrons. The van der Waals surface area contributed by atoms with Crippen LogP contribution >= 0.6 is 11.8 Å². The largest absolute Gasteiger partial charge is 0.361 e. The van der Waals surface area contributed by atoms with Gasteiger partial charge in [-0.25, -0.2) is 4.98 Å².